The number of anilines is 1. The number of piperazine rings is 1. The van der Waals surface area contributed by atoms with E-state index >= 15 is 0 Å². The van der Waals surface area contributed by atoms with Crippen molar-refractivity contribution >= 4 is 17.8 Å². The number of halogens is 1. The first kappa shape index (κ1) is 17.5. The highest BCUT2D eigenvalue weighted by Gasteiger charge is 2.53. The molecular weight excluding hydrogens is 327 g/mol. The fourth-order valence-corrected chi connectivity index (χ4v) is 3.48. The Morgan fingerprint density at radius 2 is 1.96 bits per heavy atom. The molecule has 2 fully saturated rings. The van der Waals surface area contributed by atoms with Crippen LogP contribution in [0.1, 0.15) is 6.42 Å². The smallest absolute Gasteiger partial charge is 0.244 e. The molecule has 2 aliphatic rings. The molecule has 2 saturated heterocycles. The maximum Gasteiger partial charge on any atom is 0.244 e. The Morgan fingerprint density at radius 3 is 2.60 bits per heavy atom. The van der Waals surface area contributed by atoms with E-state index in [2.05, 4.69) is 9.97 Å². The van der Waals surface area contributed by atoms with E-state index in [1.165, 1.54) is 4.90 Å². The van der Waals surface area contributed by atoms with Gasteiger partial charge in [0.1, 0.15) is 5.54 Å². The van der Waals surface area contributed by atoms with Crippen molar-refractivity contribution in [3.63, 3.8) is 0 Å². The van der Waals surface area contributed by atoms with Crippen LogP contribution >= 0.6 is 0 Å². The van der Waals surface area contributed by atoms with Crippen LogP contribution in [-0.4, -0.2) is 95.9 Å². The van der Waals surface area contributed by atoms with Gasteiger partial charge in [-0.3, -0.25) is 14.5 Å². The second-order valence-corrected chi connectivity index (χ2v) is 6.84. The lowest BCUT2D eigenvalue weighted by molar-refractivity contribution is -0.150. The number of amides is 2. The van der Waals surface area contributed by atoms with Gasteiger partial charge in [0.05, 0.1) is 18.9 Å². The summed E-state index contributed by atoms with van der Waals surface area (Å²) in [6, 6.07) is 0. The Hall–Kier alpha value is -2.29. The van der Waals surface area contributed by atoms with Crippen LogP contribution < -0.4 is 4.90 Å². The van der Waals surface area contributed by atoms with Gasteiger partial charge >= 0.3 is 0 Å². The van der Waals surface area contributed by atoms with Crippen LogP contribution in [0, 0.1) is 5.82 Å². The molecule has 0 aromatic carbocycles. The second kappa shape index (κ2) is 6.55. The lowest BCUT2D eigenvalue weighted by atomic mass is 9.91. The summed E-state index contributed by atoms with van der Waals surface area (Å²) in [7, 11) is 5.20. The summed E-state index contributed by atoms with van der Waals surface area (Å²) >= 11 is 0. The van der Waals surface area contributed by atoms with Crippen LogP contribution in [-0.2, 0) is 9.59 Å². The molecule has 0 bridgehead atoms. The maximum absolute atomic E-state index is 13.1. The Bertz CT molecular complexity index is 667. The van der Waals surface area contributed by atoms with Gasteiger partial charge in [-0.2, -0.15) is 0 Å². The monoisotopic (exact) mass is 350 g/mol. The van der Waals surface area contributed by atoms with E-state index in [-0.39, 0.29) is 18.4 Å². The van der Waals surface area contributed by atoms with Crippen LogP contribution in [0.3, 0.4) is 0 Å². The van der Waals surface area contributed by atoms with Gasteiger partial charge in [-0.25, -0.2) is 14.4 Å². The van der Waals surface area contributed by atoms with Gasteiger partial charge in [0.15, 0.2) is 5.82 Å². The van der Waals surface area contributed by atoms with Gasteiger partial charge < -0.3 is 14.7 Å². The average molecular weight is 350 g/mol. The van der Waals surface area contributed by atoms with Crippen LogP contribution in [0.2, 0.25) is 0 Å². The molecule has 0 saturated carbocycles. The molecule has 0 unspecified atom stereocenters. The van der Waals surface area contributed by atoms with E-state index in [9.17, 15) is 14.0 Å². The zero-order chi connectivity index (χ0) is 18.2. The standard InChI is InChI=1S/C16H23FN6O2/c1-20(2)13(24)10-23-7-6-21(3)14(25)16(23)4-5-22(11-16)15-18-8-12(17)9-19-15/h8-9H,4-7,10-11H2,1-3H3/t16-/m0/s1. The van der Waals surface area contributed by atoms with Gasteiger partial charge in [-0.05, 0) is 6.42 Å². The highest BCUT2D eigenvalue weighted by atomic mass is 19.1. The maximum atomic E-state index is 13.1. The normalized spacial score (nSPS) is 24.2. The van der Waals surface area contributed by atoms with Gasteiger partial charge in [-0.1, -0.05) is 0 Å². The third-order valence-electron chi connectivity index (χ3n) is 5.02. The summed E-state index contributed by atoms with van der Waals surface area (Å²) in [5.74, 6) is -0.120. The number of nitrogens with zero attached hydrogens (tertiary/aromatic N) is 6. The molecule has 1 aromatic heterocycles. The zero-order valence-corrected chi connectivity index (χ0v) is 14.8. The molecule has 1 spiro atoms. The largest absolute Gasteiger partial charge is 0.348 e. The fourth-order valence-electron chi connectivity index (χ4n) is 3.48. The molecule has 2 aliphatic heterocycles. The molecule has 1 aromatic rings. The number of hydrogen-bond donors (Lipinski definition) is 0. The van der Waals surface area contributed by atoms with Gasteiger partial charge in [0.2, 0.25) is 17.8 Å². The zero-order valence-electron chi connectivity index (χ0n) is 14.8. The quantitative estimate of drug-likeness (QED) is 0.727. The molecule has 3 heterocycles. The van der Waals surface area contributed by atoms with E-state index < -0.39 is 11.4 Å². The molecule has 0 N–H and O–H groups in total. The van der Waals surface area contributed by atoms with Crippen molar-refractivity contribution < 1.29 is 14.0 Å². The Kier molecular flexibility index (Phi) is 4.59. The predicted octanol–water partition coefficient (Wildman–Crippen LogP) is -0.573. The first-order chi connectivity index (χ1) is 11.8. The molecule has 136 valence electrons. The van der Waals surface area contributed by atoms with Crippen molar-refractivity contribution in [1.82, 2.24) is 24.7 Å². The summed E-state index contributed by atoms with van der Waals surface area (Å²) in [4.78, 5) is 40.3. The Morgan fingerprint density at radius 1 is 1.28 bits per heavy atom. The topological polar surface area (TPSA) is 72.9 Å². The third-order valence-corrected chi connectivity index (χ3v) is 5.02. The molecule has 8 nitrogen and oxygen atoms in total. The molecule has 0 aliphatic carbocycles. The van der Waals surface area contributed by atoms with Crippen molar-refractivity contribution in [1.29, 1.82) is 0 Å². The van der Waals surface area contributed by atoms with E-state index in [0.29, 0.717) is 38.5 Å². The number of carbonyl (C=O) groups excluding carboxylic acids is 2. The minimum absolute atomic E-state index is 0.00918. The number of aromatic nitrogens is 2. The van der Waals surface area contributed by atoms with Gasteiger partial charge in [-0.15, -0.1) is 0 Å². The molecular formula is C16H23FN6O2. The van der Waals surface area contributed by atoms with Crippen LogP contribution in [0.15, 0.2) is 12.4 Å². The molecule has 2 amide bonds. The Balaban J connectivity index is 1.85. The minimum Gasteiger partial charge on any atom is -0.348 e. The van der Waals surface area contributed by atoms with Crippen molar-refractivity contribution in [3.05, 3.63) is 18.2 Å². The van der Waals surface area contributed by atoms with Crippen molar-refractivity contribution in [3.8, 4) is 0 Å². The SMILES string of the molecule is CN(C)C(=O)CN1CCN(C)C(=O)[C@@]12CCN(c1ncc(F)cn1)C2. The van der Waals surface area contributed by atoms with Crippen molar-refractivity contribution in [2.75, 3.05) is 58.8 Å². The summed E-state index contributed by atoms with van der Waals surface area (Å²) in [6.45, 7) is 2.40. The molecule has 3 rings (SSSR count). The number of carbonyl (C=O) groups is 2. The van der Waals surface area contributed by atoms with Gasteiger partial charge in [0, 0.05) is 47.3 Å². The molecule has 1 atom stereocenters. The fraction of sp³-hybridized carbons (Fsp3) is 0.625. The summed E-state index contributed by atoms with van der Waals surface area (Å²) in [5, 5.41) is 0. The van der Waals surface area contributed by atoms with E-state index in [4.69, 9.17) is 0 Å². The highest BCUT2D eigenvalue weighted by molar-refractivity contribution is 5.89. The summed E-state index contributed by atoms with van der Waals surface area (Å²) < 4.78 is 13.1. The number of likely N-dealkylation sites (N-methyl/N-ethyl adjacent to an activating group) is 2. The summed E-state index contributed by atoms with van der Waals surface area (Å²) in [5.41, 5.74) is -0.767. The molecule has 9 heteroatoms. The first-order valence-corrected chi connectivity index (χ1v) is 8.27. The van der Waals surface area contributed by atoms with Crippen LogP contribution in [0.5, 0.6) is 0 Å². The predicted molar refractivity (Wildman–Crippen MR) is 89.5 cm³/mol. The average Bonchev–Trinajstić information content (AvgIpc) is 3.02. The number of hydrogen-bond acceptors (Lipinski definition) is 6. The van der Waals surface area contributed by atoms with Gasteiger partial charge in [0.25, 0.3) is 0 Å². The highest BCUT2D eigenvalue weighted by Crippen LogP contribution is 2.34. The van der Waals surface area contributed by atoms with Crippen LogP contribution in [0.4, 0.5) is 10.3 Å². The second-order valence-electron chi connectivity index (χ2n) is 6.84. The molecule has 25 heavy (non-hydrogen) atoms. The third kappa shape index (κ3) is 3.15. The molecule has 0 radical (unpaired) electrons. The minimum atomic E-state index is -0.767. The van der Waals surface area contributed by atoms with Crippen molar-refractivity contribution in [2.45, 2.75) is 12.0 Å². The Labute approximate surface area is 146 Å². The van der Waals surface area contributed by atoms with E-state index in [1.54, 1.807) is 26.0 Å². The summed E-state index contributed by atoms with van der Waals surface area (Å²) in [6.07, 6.45) is 2.82. The first-order valence-electron chi connectivity index (χ1n) is 8.27. The van der Waals surface area contributed by atoms with E-state index in [1.807, 2.05) is 9.80 Å². The van der Waals surface area contributed by atoms with Crippen LogP contribution in [0.25, 0.3) is 0 Å². The van der Waals surface area contributed by atoms with E-state index in [0.717, 1.165) is 12.4 Å². The lowest BCUT2D eigenvalue weighted by Crippen LogP contribution is -2.67. The lowest BCUT2D eigenvalue weighted by Gasteiger charge is -2.46. The van der Waals surface area contributed by atoms with Crippen molar-refractivity contribution in [2.24, 2.45) is 0 Å². The number of rotatable bonds is 3.